The van der Waals surface area contributed by atoms with Crippen LogP contribution in [0.25, 0.3) is 6.08 Å². The maximum absolute atomic E-state index is 13.7. The first-order chi connectivity index (χ1) is 17.3. The second-order valence-corrected chi connectivity index (χ2v) is 9.66. The molecule has 0 fully saturated rings. The van der Waals surface area contributed by atoms with Crippen LogP contribution in [0, 0.1) is 10.1 Å². The number of rotatable bonds is 8. The zero-order chi connectivity index (χ0) is 26.0. The molecular formula is C24H22BrN3O7S. The molecule has 1 atom stereocenters. The Kier molecular flexibility index (Phi) is 7.55. The average Bonchev–Trinajstić information content (AvgIpc) is 3.43. The van der Waals surface area contributed by atoms with Crippen molar-refractivity contribution in [3.8, 4) is 5.75 Å². The first-order valence-electron chi connectivity index (χ1n) is 11.1. The van der Waals surface area contributed by atoms with Crippen LogP contribution in [0.1, 0.15) is 44.1 Å². The topological polar surface area (TPSA) is 126 Å². The zero-order valence-corrected chi connectivity index (χ0v) is 22.1. The van der Waals surface area contributed by atoms with E-state index in [1.165, 1.54) is 29.9 Å². The van der Waals surface area contributed by atoms with Gasteiger partial charge in [0.15, 0.2) is 4.80 Å². The highest BCUT2D eigenvalue weighted by Gasteiger charge is 2.36. The van der Waals surface area contributed by atoms with Crippen molar-refractivity contribution >= 4 is 45.2 Å². The maximum atomic E-state index is 13.7. The van der Waals surface area contributed by atoms with Crippen LogP contribution in [-0.2, 0) is 9.53 Å². The summed E-state index contributed by atoms with van der Waals surface area (Å²) in [5.41, 5.74) is 0.953. The molecule has 3 heterocycles. The van der Waals surface area contributed by atoms with Crippen LogP contribution in [0.2, 0.25) is 0 Å². The van der Waals surface area contributed by atoms with Crippen LogP contribution >= 0.6 is 27.3 Å². The first-order valence-corrected chi connectivity index (χ1v) is 12.7. The normalized spacial score (nSPS) is 15.4. The number of thiazole rings is 1. The lowest BCUT2D eigenvalue weighted by Crippen LogP contribution is -2.40. The van der Waals surface area contributed by atoms with Gasteiger partial charge in [-0.15, -0.1) is 0 Å². The van der Waals surface area contributed by atoms with E-state index < -0.39 is 28.4 Å². The summed E-state index contributed by atoms with van der Waals surface area (Å²) in [5, 5.41) is 11.0. The molecule has 0 saturated carbocycles. The number of nitro groups is 1. The number of esters is 1. The van der Waals surface area contributed by atoms with Crippen LogP contribution in [-0.4, -0.2) is 29.2 Å². The largest absolute Gasteiger partial charge is 0.496 e. The van der Waals surface area contributed by atoms with E-state index in [1.807, 2.05) is 6.92 Å². The minimum absolute atomic E-state index is 0.155. The Bertz CT molecular complexity index is 1550. The third-order valence-electron chi connectivity index (χ3n) is 5.44. The third-order valence-corrected chi connectivity index (χ3v) is 6.92. The standard InChI is InChI=1S/C24H22BrN3O7S/c1-4-6-16-20(23(30)34-5-2)21(15-11-13(25)7-9-17(15)33-3)27-22(29)18(36-24(27)26-16)12-14-8-10-19(35-14)28(31)32/h7-12,21H,4-6H2,1-3H3/b18-12+/t21-/m1/s1. The highest BCUT2D eigenvalue weighted by Crippen LogP contribution is 2.38. The van der Waals surface area contributed by atoms with E-state index in [-0.39, 0.29) is 22.5 Å². The minimum Gasteiger partial charge on any atom is -0.496 e. The van der Waals surface area contributed by atoms with Gasteiger partial charge in [0, 0.05) is 16.1 Å². The molecule has 12 heteroatoms. The van der Waals surface area contributed by atoms with Crippen molar-refractivity contribution in [3.05, 3.63) is 87.2 Å². The van der Waals surface area contributed by atoms with Crippen LogP contribution in [0.5, 0.6) is 5.75 Å². The lowest BCUT2D eigenvalue weighted by atomic mass is 9.93. The molecule has 188 valence electrons. The van der Waals surface area contributed by atoms with Gasteiger partial charge in [-0.05, 0) is 37.6 Å². The quantitative estimate of drug-likeness (QED) is 0.227. The molecule has 1 aliphatic rings. The van der Waals surface area contributed by atoms with E-state index in [9.17, 15) is 19.7 Å². The Morgan fingerprint density at radius 1 is 1.33 bits per heavy atom. The van der Waals surface area contributed by atoms with Gasteiger partial charge in [0.2, 0.25) is 0 Å². The van der Waals surface area contributed by atoms with Crippen LogP contribution in [0.15, 0.2) is 60.3 Å². The number of carbonyl (C=O) groups excluding carboxylic acids is 1. The van der Waals surface area contributed by atoms with Crippen LogP contribution in [0.4, 0.5) is 5.88 Å². The summed E-state index contributed by atoms with van der Waals surface area (Å²) in [4.78, 5) is 42.3. The fraction of sp³-hybridized carbons (Fsp3) is 0.292. The molecule has 0 amide bonds. The van der Waals surface area contributed by atoms with Crippen molar-refractivity contribution in [3.63, 3.8) is 0 Å². The van der Waals surface area contributed by atoms with E-state index in [1.54, 1.807) is 25.1 Å². The average molecular weight is 576 g/mol. The van der Waals surface area contributed by atoms with Gasteiger partial charge < -0.3 is 13.9 Å². The summed E-state index contributed by atoms with van der Waals surface area (Å²) in [6.45, 7) is 3.84. The van der Waals surface area contributed by atoms with Crippen LogP contribution < -0.4 is 19.6 Å². The summed E-state index contributed by atoms with van der Waals surface area (Å²) in [6.07, 6.45) is 2.64. The number of hydrogen-bond acceptors (Lipinski definition) is 9. The second-order valence-electron chi connectivity index (χ2n) is 7.73. The SMILES string of the molecule is CCCC1=C(C(=O)OCC)[C@@H](c2cc(Br)ccc2OC)n2c(s/c(=C/c3ccc([N+](=O)[O-])o3)c2=O)=N1. The number of aromatic nitrogens is 1. The van der Waals surface area contributed by atoms with Gasteiger partial charge in [-0.2, -0.15) is 0 Å². The number of nitrogens with zero attached hydrogens (tertiary/aromatic N) is 3. The zero-order valence-electron chi connectivity index (χ0n) is 19.6. The van der Waals surface area contributed by atoms with E-state index in [0.29, 0.717) is 34.7 Å². The van der Waals surface area contributed by atoms with E-state index in [0.717, 1.165) is 15.8 Å². The van der Waals surface area contributed by atoms with Gasteiger partial charge in [0.05, 0.1) is 35.6 Å². The number of furan rings is 1. The summed E-state index contributed by atoms with van der Waals surface area (Å²) >= 11 is 4.58. The lowest BCUT2D eigenvalue weighted by molar-refractivity contribution is -0.402. The van der Waals surface area contributed by atoms with E-state index in [4.69, 9.17) is 13.9 Å². The van der Waals surface area contributed by atoms with Gasteiger partial charge in [-0.1, -0.05) is 40.6 Å². The van der Waals surface area contributed by atoms with Crippen molar-refractivity contribution in [2.24, 2.45) is 4.99 Å². The number of hydrogen-bond donors (Lipinski definition) is 0. The second kappa shape index (κ2) is 10.6. The van der Waals surface area contributed by atoms with Gasteiger partial charge in [0.25, 0.3) is 5.56 Å². The van der Waals surface area contributed by atoms with Crippen molar-refractivity contribution in [2.45, 2.75) is 32.7 Å². The molecule has 0 saturated heterocycles. The lowest BCUT2D eigenvalue weighted by Gasteiger charge is -2.27. The number of ether oxygens (including phenoxy) is 2. The van der Waals surface area contributed by atoms with Gasteiger partial charge in [0.1, 0.15) is 22.5 Å². The smallest absolute Gasteiger partial charge is 0.433 e. The molecule has 0 radical (unpaired) electrons. The van der Waals surface area contributed by atoms with Gasteiger partial charge >= 0.3 is 11.9 Å². The Morgan fingerprint density at radius 2 is 2.11 bits per heavy atom. The summed E-state index contributed by atoms with van der Waals surface area (Å²) < 4.78 is 18.6. The van der Waals surface area contributed by atoms with Gasteiger partial charge in [-0.3, -0.25) is 19.5 Å². The van der Waals surface area contributed by atoms with Gasteiger partial charge in [-0.25, -0.2) is 9.79 Å². The number of methoxy groups -OCH3 is 1. The molecule has 36 heavy (non-hydrogen) atoms. The molecule has 0 spiro atoms. The number of carbonyl (C=O) groups is 1. The minimum atomic E-state index is -0.859. The third kappa shape index (κ3) is 4.78. The molecule has 0 N–H and O–H groups in total. The summed E-state index contributed by atoms with van der Waals surface area (Å²) in [5.74, 6) is -0.353. The van der Waals surface area contributed by atoms with Crippen LogP contribution in [0.3, 0.4) is 0 Å². The highest BCUT2D eigenvalue weighted by atomic mass is 79.9. The summed E-state index contributed by atoms with van der Waals surface area (Å²) in [7, 11) is 1.51. The fourth-order valence-corrected chi connectivity index (χ4v) is 5.36. The molecule has 0 bridgehead atoms. The molecular weight excluding hydrogens is 554 g/mol. The molecule has 1 aromatic carbocycles. The Morgan fingerprint density at radius 3 is 2.75 bits per heavy atom. The summed E-state index contributed by atoms with van der Waals surface area (Å²) in [6, 6.07) is 7.12. The first kappa shape index (κ1) is 25.6. The van der Waals surface area contributed by atoms with E-state index >= 15 is 0 Å². The van der Waals surface area contributed by atoms with Crippen molar-refractivity contribution < 1.29 is 23.6 Å². The van der Waals surface area contributed by atoms with Crippen molar-refractivity contribution in [1.29, 1.82) is 0 Å². The Hall–Kier alpha value is -3.51. The molecule has 0 unspecified atom stereocenters. The molecule has 10 nitrogen and oxygen atoms in total. The number of allylic oxidation sites excluding steroid dienone is 1. The highest BCUT2D eigenvalue weighted by molar-refractivity contribution is 9.10. The molecule has 3 aromatic rings. The van der Waals surface area contributed by atoms with Crippen molar-refractivity contribution in [1.82, 2.24) is 4.57 Å². The predicted molar refractivity (Wildman–Crippen MR) is 136 cm³/mol. The Balaban J connectivity index is 2.03. The maximum Gasteiger partial charge on any atom is 0.433 e. The fourth-order valence-electron chi connectivity index (χ4n) is 3.98. The van der Waals surface area contributed by atoms with Crippen molar-refractivity contribution in [2.75, 3.05) is 13.7 Å². The Labute approximate surface area is 217 Å². The molecule has 1 aliphatic heterocycles. The number of benzene rings is 1. The molecule has 4 rings (SSSR count). The molecule has 0 aliphatic carbocycles. The number of halogens is 1. The van der Waals surface area contributed by atoms with E-state index in [2.05, 4.69) is 20.9 Å². The monoisotopic (exact) mass is 575 g/mol. The number of fused-ring (bicyclic) bond motifs is 1. The molecule has 2 aromatic heterocycles. The predicted octanol–water partition coefficient (Wildman–Crippen LogP) is 3.85.